The summed E-state index contributed by atoms with van der Waals surface area (Å²) in [6.45, 7) is 0.266. The van der Waals surface area contributed by atoms with Gasteiger partial charge in [-0.1, -0.05) is 30.3 Å². The lowest BCUT2D eigenvalue weighted by atomic mass is 9.96. The molecule has 1 aliphatic heterocycles. The first-order valence-corrected chi connectivity index (χ1v) is 11.0. The maximum Gasteiger partial charge on any atom is 0.326 e. The molecule has 2 aromatic carbocycles. The van der Waals surface area contributed by atoms with Crippen molar-refractivity contribution in [1.29, 1.82) is 0 Å². The van der Waals surface area contributed by atoms with E-state index in [0.717, 1.165) is 17.7 Å². The summed E-state index contributed by atoms with van der Waals surface area (Å²) >= 11 is 0. The lowest BCUT2D eigenvalue weighted by molar-refractivity contribution is -0.142. The summed E-state index contributed by atoms with van der Waals surface area (Å²) in [6, 6.07) is 12.6. The lowest BCUT2D eigenvalue weighted by Crippen LogP contribution is -2.48. The third kappa shape index (κ3) is 5.22. The number of hydrogen-bond donors (Lipinski definition) is 2. The molecule has 30 heavy (non-hydrogen) atoms. The van der Waals surface area contributed by atoms with Crippen LogP contribution in [0, 0.1) is 11.7 Å². The van der Waals surface area contributed by atoms with Crippen molar-refractivity contribution < 1.29 is 27.5 Å². The maximum atomic E-state index is 13.1. The molecule has 7 nitrogen and oxygen atoms in total. The van der Waals surface area contributed by atoms with Crippen molar-refractivity contribution in [2.24, 2.45) is 5.92 Å². The van der Waals surface area contributed by atoms with Crippen LogP contribution in [0.1, 0.15) is 18.4 Å². The SMILES string of the molecule is O=C(N[C@@H](Cc1ccccc1)C(=O)O)C1CCN(S(=O)(=O)c2ccc(F)cc2)CC1. The van der Waals surface area contributed by atoms with E-state index in [1.54, 1.807) is 24.3 Å². The summed E-state index contributed by atoms with van der Waals surface area (Å²) in [5, 5.41) is 12.0. The number of carbonyl (C=O) groups is 2. The van der Waals surface area contributed by atoms with Gasteiger partial charge in [0, 0.05) is 25.4 Å². The molecule has 0 unspecified atom stereocenters. The molecular weight excluding hydrogens is 411 g/mol. The molecule has 0 bridgehead atoms. The van der Waals surface area contributed by atoms with Crippen LogP contribution < -0.4 is 5.32 Å². The van der Waals surface area contributed by atoms with E-state index in [1.807, 2.05) is 6.07 Å². The smallest absolute Gasteiger partial charge is 0.326 e. The Kier molecular flexibility index (Phi) is 6.84. The van der Waals surface area contributed by atoms with Gasteiger partial charge in [0.25, 0.3) is 0 Å². The quantitative estimate of drug-likeness (QED) is 0.694. The van der Waals surface area contributed by atoms with E-state index in [2.05, 4.69) is 5.32 Å². The van der Waals surface area contributed by atoms with Crippen LogP contribution in [0.25, 0.3) is 0 Å². The van der Waals surface area contributed by atoms with Crippen LogP contribution >= 0.6 is 0 Å². The number of aliphatic carboxylic acids is 1. The molecule has 0 aliphatic carbocycles. The van der Waals surface area contributed by atoms with E-state index in [1.165, 1.54) is 16.4 Å². The van der Waals surface area contributed by atoms with Crippen LogP contribution in [0.5, 0.6) is 0 Å². The average molecular weight is 434 g/mol. The molecule has 0 radical (unpaired) electrons. The second-order valence-corrected chi connectivity index (χ2v) is 9.16. The van der Waals surface area contributed by atoms with Crippen molar-refractivity contribution in [2.75, 3.05) is 13.1 Å². The third-order valence-electron chi connectivity index (χ3n) is 5.17. The summed E-state index contributed by atoms with van der Waals surface area (Å²) in [6.07, 6.45) is 0.730. The number of benzene rings is 2. The number of hydrogen-bond acceptors (Lipinski definition) is 4. The van der Waals surface area contributed by atoms with Crippen molar-refractivity contribution in [3.05, 3.63) is 66.0 Å². The van der Waals surface area contributed by atoms with E-state index in [4.69, 9.17) is 0 Å². The molecule has 0 spiro atoms. The number of carboxylic acid groups (broad SMARTS) is 1. The van der Waals surface area contributed by atoms with Gasteiger partial charge in [-0.15, -0.1) is 0 Å². The van der Waals surface area contributed by atoms with Crippen LogP contribution in [-0.2, 0) is 26.0 Å². The monoisotopic (exact) mass is 434 g/mol. The molecule has 0 aromatic heterocycles. The second-order valence-electron chi connectivity index (χ2n) is 7.22. The van der Waals surface area contributed by atoms with E-state index >= 15 is 0 Å². The minimum atomic E-state index is -3.76. The van der Waals surface area contributed by atoms with Gasteiger partial charge in [0.1, 0.15) is 11.9 Å². The van der Waals surface area contributed by atoms with Crippen LogP contribution in [0.2, 0.25) is 0 Å². The number of amides is 1. The number of nitrogens with zero attached hydrogens (tertiary/aromatic N) is 1. The normalized spacial score (nSPS) is 16.7. The highest BCUT2D eigenvalue weighted by atomic mass is 32.2. The topological polar surface area (TPSA) is 104 Å². The predicted molar refractivity (Wildman–Crippen MR) is 108 cm³/mol. The molecular formula is C21H23FN2O5S. The molecule has 2 N–H and O–H groups in total. The Labute approximate surface area is 174 Å². The fourth-order valence-corrected chi connectivity index (χ4v) is 4.92. The molecule has 1 fully saturated rings. The van der Waals surface area contributed by atoms with Gasteiger partial charge in [-0.05, 0) is 42.7 Å². The maximum absolute atomic E-state index is 13.1. The molecule has 1 heterocycles. The minimum Gasteiger partial charge on any atom is -0.480 e. The summed E-state index contributed by atoms with van der Waals surface area (Å²) in [7, 11) is -3.76. The molecule has 1 saturated heterocycles. The predicted octanol–water partition coefficient (Wildman–Crippen LogP) is 2.04. The van der Waals surface area contributed by atoms with Crippen LogP contribution in [0.3, 0.4) is 0 Å². The minimum absolute atomic E-state index is 0.000559. The van der Waals surface area contributed by atoms with Crippen molar-refractivity contribution >= 4 is 21.9 Å². The van der Waals surface area contributed by atoms with Crippen molar-refractivity contribution in [1.82, 2.24) is 9.62 Å². The summed E-state index contributed by atoms with van der Waals surface area (Å²) < 4.78 is 39.7. The van der Waals surface area contributed by atoms with Gasteiger partial charge in [0.05, 0.1) is 4.90 Å². The first kappa shape index (κ1) is 21.9. The Balaban J connectivity index is 1.59. The van der Waals surface area contributed by atoms with Gasteiger partial charge in [0.2, 0.25) is 15.9 Å². The summed E-state index contributed by atoms with van der Waals surface area (Å²) in [4.78, 5) is 24.1. The van der Waals surface area contributed by atoms with Gasteiger partial charge in [0.15, 0.2) is 0 Å². The van der Waals surface area contributed by atoms with E-state index in [9.17, 15) is 27.5 Å². The Morgan fingerprint density at radius 3 is 2.23 bits per heavy atom. The number of carboxylic acids is 1. The Morgan fingerprint density at radius 2 is 1.67 bits per heavy atom. The van der Waals surface area contributed by atoms with Gasteiger partial charge < -0.3 is 10.4 Å². The number of rotatable bonds is 7. The molecule has 9 heteroatoms. The lowest BCUT2D eigenvalue weighted by Gasteiger charge is -2.31. The number of halogens is 1. The Morgan fingerprint density at radius 1 is 1.07 bits per heavy atom. The second kappa shape index (κ2) is 9.36. The third-order valence-corrected chi connectivity index (χ3v) is 7.09. The van der Waals surface area contributed by atoms with Crippen molar-refractivity contribution in [2.45, 2.75) is 30.2 Å². The summed E-state index contributed by atoms with van der Waals surface area (Å²) in [5.41, 5.74) is 0.797. The van der Waals surface area contributed by atoms with E-state index in [0.29, 0.717) is 0 Å². The highest BCUT2D eigenvalue weighted by Gasteiger charge is 2.33. The average Bonchev–Trinajstić information content (AvgIpc) is 2.74. The molecule has 1 aliphatic rings. The highest BCUT2D eigenvalue weighted by molar-refractivity contribution is 7.89. The number of sulfonamides is 1. The fourth-order valence-electron chi connectivity index (χ4n) is 3.45. The number of piperidine rings is 1. The Bertz CT molecular complexity index is 988. The zero-order valence-electron chi connectivity index (χ0n) is 16.2. The number of nitrogens with one attached hydrogen (secondary N) is 1. The highest BCUT2D eigenvalue weighted by Crippen LogP contribution is 2.24. The van der Waals surface area contributed by atoms with E-state index in [-0.39, 0.29) is 37.2 Å². The fraction of sp³-hybridized carbons (Fsp3) is 0.333. The molecule has 1 atom stereocenters. The standard InChI is InChI=1S/C21H23FN2O5S/c22-17-6-8-18(9-7-17)30(28,29)24-12-10-16(11-13-24)20(25)23-19(21(26)27)14-15-4-2-1-3-5-15/h1-9,16,19H,10-14H2,(H,23,25)(H,26,27)/t19-/m0/s1. The first-order chi connectivity index (χ1) is 14.3. The van der Waals surface area contributed by atoms with Crippen LogP contribution in [-0.4, -0.2) is 48.8 Å². The zero-order chi connectivity index (χ0) is 21.7. The largest absolute Gasteiger partial charge is 0.480 e. The van der Waals surface area contributed by atoms with E-state index < -0.39 is 39.7 Å². The number of carbonyl (C=O) groups excluding carboxylic acids is 1. The van der Waals surface area contributed by atoms with Gasteiger partial charge >= 0.3 is 5.97 Å². The van der Waals surface area contributed by atoms with Gasteiger partial charge in [-0.2, -0.15) is 4.31 Å². The summed E-state index contributed by atoms with van der Waals surface area (Å²) in [5.74, 6) is -2.50. The van der Waals surface area contributed by atoms with Gasteiger partial charge in [-0.3, -0.25) is 4.79 Å². The molecule has 1 amide bonds. The zero-order valence-corrected chi connectivity index (χ0v) is 17.0. The van der Waals surface area contributed by atoms with Crippen molar-refractivity contribution in [3.8, 4) is 0 Å². The molecule has 160 valence electrons. The molecule has 3 rings (SSSR count). The Hall–Kier alpha value is -2.78. The molecule has 2 aromatic rings. The van der Waals surface area contributed by atoms with Crippen LogP contribution in [0.4, 0.5) is 4.39 Å². The van der Waals surface area contributed by atoms with Crippen LogP contribution in [0.15, 0.2) is 59.5 Å². The molecule has 0 saturated carbocycles. The first-order valence-electron chi connectivity index (χ1n) is 9.60. The van der Waals surface area contributed by atoms with Gasteiger partial charge in [-0.25, -0.2) is 17.6 Å². The van der Waals surface area contributed by atoms with Crippen molar-refractivity contribution in [3.63, 3.8) is 0 Å².